The summed E-state index contributed by atoms with van der Waals surface area (Å²) < 4.78 is 11.5. The standard InChI is InChI=1S/C30H39N3O5/c34-28(35)26(33-29(36)30(13-17-37-18-14-30)23-6-2-1-3-7-23)12-16-38-25-19-21(20-25)8-10-24-11-9-22-5-4-15-31-27(22)32-24/h1-3,6-7,9,11,21,25-26H,4-5,8,10,12-20H2,(H,31,32)(H,33,36)(H,34,35)/t21-,25-,26-/m0/s1. The number of fused-ring (bicyclic) bond motifs is 1. The minimum atomic E-state index is -1.03. The van der Waals surface area contributed by atoms with E-state index in [1.807, 2.05) is 30.3 Å². The molecule has 8 heteroatoms. The fourth-order valence-corrected chi connectivity index (χ4v) is 5.94. The maximum Gasteiger partial charge on any atom is 0.326 e. The number of carbonyl (C=O) groups is 2. The number of rotatable bonds is 11. The number of carboxylic acids is 1. The van der Waals surface area contributed by atoms with Crippen molar-refractivity contribution in [3.63, 3.8) is 0 Å². The van der Waals surface area contributed by atoms with Gasteiger partial charge >= 0.3 is 5.97 Å². The van der Waals surface area contributed by atoms with Gasteiger partial charge in [-0.15, -0.1) is 0 Å². The van der Waals surface area contributed by atoms with Gasteiger partial charge in [-0.3, -0.25) is 4.79 Å². The number of amides is 1. The Kier molecular flexibility index (Phi) is 8.59. The summed E-state index contributed by atoms with van der Waals surface area (Å²) in [5, 5.41) is 16.0. The average Bonchev–Trinajstić information content (AvgIpc) is 2.93. The van der Waals surface area contributed by atoms with Crippen molar-refractivity contribution < 1.29 is 24.2 Å². The first-order valence-electron chi connectivity index (χ1n) is 14.0. The number of carbonyl (C=O) groups excluding carboxylic acids is 1. The molecule has 8 nitrogen and oxygen atoms in total. The first kappa shape index (κ1) is 26.6. The Morgan fingerprint density at radius 1 is 1.16 bits per heavy atom. The van der Waals surface area contributed by atoms with E-state index in [0.717, 1.165) is 55.7 Å². The van der Waals surface area contributed by atoms with E-state index < -0.39 is 17.4 Å². The zero-order valence-electron chi connectivity index (χ0n) is 22.0. The monoisotopic (exact) mass is 521 g/mol. The predicted molar refractivity (Wildman–Crippen MR) is 144 cm³/mol. The normalized spacial score (nSPS) is 22.8. The highest BCUT2D eigenvalue weighted by Gasteiger charge is 2.43. The largest absolute Gasteiger partial charge is 0.480 e. The summed E-state index contributed by atoms with van der Waals surface area (Å²) >= 11 is 0. The Morgan fingerprint density at radius 2 is 1.95 bits per heavy atom. The van der Waals surface area contributed by atoms with Crippen molar-refractivity contribution in [1.29, 1.82) is 0 Å². The van der Waals surface area contributed by atoms with E-state index in [-0.39, 0.29) is 18.4 Å². The third-order valence-electron chi connectivity index (χ3n) is 8.42. The molecule has 2 fully saturated rings. The Hall–Kier alpha value is -2.97. The molecule has 1 saturated heterocycles. The number of anilines is 1. The maximum atomic E-state index is 13.4. The van der Waals surface area contributed by atoms with Gasteiger partial charge in [0.2, 0.25) is 5.91 Å². The SMILES string of the molecule is O=C(O)[C@H](CCO[C@H]1C[C@H](CCc2ccc3c(n2)NCCC3)C1)NC(=O)C1(c2ccccc2)CCOCC1. The van der Waals surface area contributed by atoms with Crippen molar-refractivity contribution in [2.24, 2.45) is 5.92 Å². The molecule has 1 atom stereocenters. The van der Waals surface area contributed by atoms with Crippen LogP contribution < -0.4 is 10.6 Å². The van der Waals surface area contributed by atoms with Crippen LogP contribution in [-0.2, 0) is 37.3 Å². The minimum absolute atomic E-state index is 0.162. The first-order chi connectivity index (χ1) is 18.5. The highest BCUT2D eigenvalue weighted by molar-refractivity contribution is 5.91. The topological polar surface area (TPSA) is 110 Å². The van der Waals surface area contributed by atoms with Crippen LogP contribution >= 0.6 is 0 Å². The molecule has 3 N–H and O–H groups in total. The zero-order valence-corrected chi connectivity index (χ0v) is 22.0. The second-order valence-corrected chi connectivity index (χ2v) is 10.9. The van der Waals surface area contributed by atoms with E-state index in [1.165, 1.54) is 12.0 Å². The predicted octanol–water partition coefficient (Wildman–Crippen LogP) is 3.88. The number of nitrogens with zero attached hydrogens (tertiary/aromatic N) is 1. The number of benzene rings is 1. The lowest BCUT2D eigenvalue weighted by Crippen LogP contribution is -2.53. The second-order valence-electron chi connectivity index (χ2n) is 10.9. The molecule has 1 amide bonds. The van der Waals surface area contributed by atoms with E-state index in [9.17, 15) is 14.7 Å². The van der Waals surface area contributed by atoms with Gasteiger partial charge in [-0.25, -0.2) is 9.78 Å². The van der Waals surface area contributed by atoms with Crippen LogP contribution in [-0.4, -0.2) is 60.5 Å². The highest BCUT2D eigenvalue weighted by Crippen LogP contribution is 2.36. The van der Waals surface area contributed by atoms with Gasteiger partial charge in [0.15, 0.2) is 0 Å². The van der Waals surface area contributed by atoms with E-state index in [1.54, 1.807) is 0 Å². The zero-order chi connectivity index (χ0) is 26.4. The van der Waals surface area contributed by atoms with Gasteiger partial charge in [0.1, 0.15) is 11.9 Å². The summed E-state index contributed by atoms with van der Waals surface area (Å²) in [7, 11) is 0. The van der Waals surface area contributed by atoms with Crippen LogP contribution in [0.1, 0.15) is 61.8 Å². The molecule has 1 aromatic carbocycles. The number of carboxylic acid groups (broad SMARTS) is 1. The molecular weight excluding hydrogens is 482 g/mol. The summed E-state index contributed by atoms with van der Waals surface area (Å²) in [6.07, 6.45) is 7.78. The molecule has 2 aromatic rings. The molecule has 0 radical (unpaired) electrons. The van der Waals surface area contributed by atoms with Crippen LogP contribution in [0.3, 0.4) is 0 Å². The van der Waals surface area contributed by atoms with E-state index in [2.05, 4.69) is 22.8 Å². The molecule has 0 bridgehead atoms. The summed E-state index contributed by atoms with van der Waals surface area (Å²) in [5.74, 6) is 0.389. The number of ether oxygens (including phenoxy) is 2. The van der Waals surface area contributed by atoms with Gasteiger partial charge in [0.05, 0.1) is 11.5 Å². The van der Waals surface area contributed by atoms with Crippen LogP contribution in [0.25, 0.3) is 0 Å². The lowest BCUT2D eigenvalue weighted by atomic mass is 9.73. The second kappa shape index (κ2) is 12.3. The van der Waals surface area contributed by atoms with Crippen molar-refractivity contribution in [2.75, 3.05) is 31.7 Å². The molecular formula is C30H39N3O5. The summed E-state index contributed by atoms with van der Waals surface area (Å²) in [6.45, 7) is 2.27. The summed E-state index contributed by atoms with van der Waals surface area (Å²) in [5.41, 5.74) is 2.60. The number of hydrogen-bond acceptors (Lipinski definition) is 6. The van der Waals surface area contributed by atoms with E-state index >= 15 is 0 Å². The molecule has 204 valence electrons. The molecule has 1 aromatic heterocycles. The van der Waals surface area contributed by atoms with E-state index in [0.29, 0.717) is 38.6 Å². The van der Waals surface area contributed by atoms with Gasteiger partial charge in [0, 0.05) is 38.5 Å². The van der Waals surface area contributed by atoms with Crippen LogP contribution in [0.2, 0.25) is 0 Å². The minimum Gasteiger partial charge on any atom is -0.480 e. The number of nitrogens with one attached hydrogen (secondary N) is 2. The highest BCUT2D eigenvalue weighted by atomic mass is 16.5. The van der Waals surface area contributed by atoms with Crippen molar-refractivity contribution in [1.82, 2.24) is 10.3 Å². The van der Waals surface area contributed by atoms with Crippen LogP contribution in [0.5, 0.6) is 0 Å². The molecule has 2 aliphatic heterocycles. The summed E-state index contributed by atoms with van der Waals surface area (Å²) in [4.78, 5) is 30.2. The van der Waals surface area contributed by atoms with Gasteiger partial charge in [-0.2, -0.15) is 0 Å². The van der Waals surface area contributed by atoms with Crippen LogP contribution in [0, 0.1) is 5.92 Å². The first-order valence-corrected chi connectivity index (χ1v) is 14.0. The number of hydrogen-bond donors (Lipinski definition) is 3. The van der Waals surface area contributed by atoms with E-state index in [4.69, 9.17) is 14.5 Å². The molecule has 38 heavy (non-hydrogen) atoms. The maximum absolute atomic E-state index is 13.4. The fraction of sp³-hybridized carbons (Fsp3) is 0.567. The third kappa shape index (κ3) is 6.18. The molecule has 0 spiro atoms. The lowest BCUT2D eigenvalue weighted by molar-refractivity contribution is -0.144. The van der Waals surface area contributed by atoms with Gasteiger partial charge < -0.3 is 25.2 Å². The Balaban J connectivity index is 1.06. The van der Waals surface area contributed by atoms with Crippen molar-refractivity contribution >= 4 is 17.7 Å². The van der Waals surface area contributed by atoms with Gasteiger partial charge in [-0.1, -0.05) is 36.4 Å². The number of aliphatic carboxylic acids is 1. The Bertz CT molecular complexity index is 1100. The molecule has 1 aliphatic carbocycles. The number of pyridine rings is 1. The van der Waals surface area contributed by atoms with Crippen LogP contribution in [0.4, 0.5) is 5.82 Å². The molecule has 3 heterocycles. The molecule has 1 saturated carbocycles. The van der Waals surface area contributed by atoms with Crippen LogP contribution in [0.15, 0.2) is 42.5 Å². The molecule has 3 aliphatic rings. The molecule has 5 rings (SSSR count). The third-order valence-corrected chi connectivity index (χ3v) is 8.42. The van der Waals surface area contributed by atoms with Gasteiger partial charge in [0.25, 0.3) is 0 Å². The quantitative estimate of drug-likeness (QED) is 0.412. The summed E-state index contributed by atoms with van der Waals surface area (Å²) in [6, 6.07) is 13.0. The van der Waals surface area contributed by atoms with Crippen molar-refractivity contribution in [3.05, 3.63) is 59.3 Å². The van der Waals surface area contributed by atoms with Crippen molar-refractivity contribution in [2.45, 2.75) is 75.3 Å². The fourth-order valence-electron chi connectivity index (χ4n) is 5.94. The lowest BCUT2D eigenvalue weighted by Gasteiger charge is -2.37. The Morgan fingerprint density at radius 3 is 2.71 bits per heavy atom. The number of aromatic nitrogens is 1. The smallest absolute Gasteiger partial charge is 0.326 e. The average molecular weight is 522 g/mol. The van der Waals surface area contributed by atoms with Crippen molar-refractivity contribution in [3.8, 4) is 0 Å². The Labute approximate surface area is 224 Å². The van der Waals surface area contributed by atoms with Gasteiger partial charge in [-0.05, 0) is 74.5 Å². The molecule has 0 unspecified atom stereocenters. The number of aryl methyl sites for hydroxylation is 2.